The molecule has 10 heteroatoms. The Morgan fingerprint density at radius 2 is 1.69 bits per heavy atom. The maximum absolute atomic E-state index is 12.8. The molecule has 1 saturated heterocycles. The van der Waals surface area contributed by atoms with Gasteiger partial charge in [-0.05, 0) is 83.1 Å². The largest absolute Gasteiger partial charge is 0.486 e. The smallest absolute Gasteiger partial charge is 0.329 e. The van der Waals surface area contributed by atoms with Gasteiger partial charge in [0.1, 0.15) is 18.8 Å². The van der Waals surface area contributed by atoms with Crippen molar-refractivity contribution >= 4 is 75.4 Å². The minimum absolute atomic E-state index is 0.00262. The number of carbonyl (C=O) groups excluding carboxylic acids is 3. The quantitative estimate of drug-likeness (QED) is 0.189. The van der Waals surface area contributed by atoms with Crippen LogP contribution >= 0.6 is 45.8 Å². The number of urea groups is 1. The van der Waals surface area contributed by atoms with Gasteiger partial charge in [-0.1, -0.05) is 53.0 Å². The van der Waals surface area contributed by atoms with Crippen LogP contribution in [0.4, 0.5) is 10.5 Å². The third-order valence-electron chi connectivity index (χ3n) is 5.23. The SMILES string of the molecule is Cc1ccc(NC(=O)CN2C(=O)N/C(=C/c3cc(Cl)c(OCc4ccc(I)cc4)c(Cl)c3)C2=O)cc1. The van der Waals surface area contributed by atoms with Crippen molar-refractivity contribution in [3.05, 3.63) is 96.7 Å². The van der Waals surface area contributed by atoms with Crippen molar-refractivity contribution in [2.24, 2.45) is 0 Å². The van der Waals surface area contributed by atoms with E-state index in [0.717, 1.165) is 19.6 Å². The average Bonchev–Trinajstić information content (AvgIpc) is 3.08. The molecule has 4 rings (SSSR count). The molecule has 2 N–H and O–H groups in total. The number of imide groups is 1. The van der Waals surface area contributed by atoms with Gasteiger partial charge in [-0.25, -0.2) is 9.69 Å². The molecule has 3 aromatic carbocycles. The number of halogens is 3. The van der Waals surface area contributed by atoms with Crippen LogP contribution in [-0.4, -0.2) is 29.3 Å². The number of carbonyl (C=O) groups is 3. The van der Waals surface area contributed by atoms with Gasteiger partial charge in [-0.15, -0.1) is 0 Å². The maximum Gasteiger partial charge on any atom is 0.329 e. The van der Waals surface area contributed by atoms with Gasteiger partial charge in [0.15, 0.2) is 5.75 Å². The van der Waals surface area contributed by atoms with Crippen LogP contribution in [0, 0.1) is 10.5 Å². The van der Waals surface area contributed by atoms with E-state index in [2.05, 4.69) is 33.2 Å². The molecule has 0 bridgehead atoms. The van der Waals surface area contributed by atoms with Gasteiger partial charge in [0.25, 0.3) is 5.91 Å². The lowest BCUT2D eigenvalue weighted by molar-refractivity contribution is -0.127. The van der Waals surface area contributed by atoms with Gasteiger partial charge in [0, 0.05) is 9.26 Å². The molecule has 3 aromatic rings. The predicted octanol–water partition coefficient (Wildman–Crippen LogP) is 6.02. The molecule has 0 atom stereocenters. The van der Waals surface area contributed by atoms with Crippen molar-refractivity contribution < 1.29 is 19.1 Å². The highest BCUT2D eigenvalue weighted by molar-refractivity contribution is 14.1. The fourth-order valence-electron chi connectivity index (χ4n) is 3.40. The molecule has 0 aliphatic carbocycles. The monoisotopic (exact) mass is 635 g/mol. The minimum Gasteiger partial charge on any atom is -0.486 e. The molecule has 1 aliphatic heterocycles. The van der Waals surface area contributed by atoms with E-state index in [4.69, 9.17) is 27.9 Å². The van der Waals surface area contributed by atoms with Crippen molar-refractivity contribution in [1.29, 1.82) is 0 Å². The van der Waals surface area contributed by atoms with Crippen LogP contribution in [0.15, 0.2) is 66.4 Å². The summed E-state index contributed by atoms with van der Waals surface area (Å²) >= 11 is 15.0. The Bertz CT molecular complexity index is 1340. The van der Waals surface area contributed by atoms with Crippen LogP contribution in [0.2, 0.25) is 10.0 Å². The third-order valence-corrected chi connectivity index (χ3v) is 6.51. The Kier molecular flexibility index (Phi) is 8.17. The summed E-state index contributed by atoms with van der Waals surface area (Å²) in [7, 11) is 0. The molecule has 7 nitrogen and oxygen atoms in total. The number of anilines is 1. The lowest BCUT2D eigenvalue weighted by atomic mass is 10.1. The van der Waals surface area contributed by atoms with Gasteiger partial charge < -0.3 is 15.4 Å². The molecule has 184 valence electrons. The Morgan fingerprint density at radius 1 is 1.06 bits per heavy atom. The summed E-state index contributed by atoms with van der Waals surface area (Å²) in [4.78, 5) is 38.3. The molecule has 0 unspecified atom stereocenters. The minimum atomic E-state index is -0.694. The molecule has 4 amide bonds. The number of hydrogen-bond donors (Lipinski definition) is 2. The predicted molar refractivity (Wildman–Crippen MR) is 148 cm³/mol. The summed E-state index contributed by atoms with van der Waals surface area (Å²) in [5.74, 6) is -0.815. The third kappa shape index (κ3) is 6.37. The average molecular weight is 636 g/mol. The maximum atomic E-state index is 12.8. The standard InChI is InChI=1S/C26H20Cl2IN3O4/c1-15-2-8-19(9-3-15)30-23(33)13-32-25(34)22(31-26(32)35)12-17-10-20(27)24(21(28)11-17)36-14-16-4-6-18(29)7-5-16/h2-12H,13-14H2,1H3,(H,30,33)(H,31,35)/b22-12+. The zero-order chi connectivity index (χ0) is 25.8. The lowest BCUT2D eigenvalue weighted by Gasteiger charge is -2.12. The zero-order valence-corrected chi connectivity index (χ0v) is 22.6. The second-order valence-electron chi connectivity index (χ2n) is 8.02. The molecule has 36 heavy (non-hydrogen) atoms. The number of nitrogens with zero attached hydrogens (tertiary/aromatic N) is 1. The first-order valence-corrected chi connectivity index (χ1v) is 12.6. The first-order valence-electron chi connectivity index (χ1n) is 10.8. The molecular weight excluding hydrogens is 616 g/mol. The number of benzene rings is 3. The van der Waals surface area contributed by atoms with E-state index in [1.165, 1.54) is 6.08 Å². The molecular formula is C26H20Cl2IN3O4. The van der Waals surface area contributed by atoms with Crippen LogP contribution < -0.4 is 15.4 Å². The molecule has 1 aliphatic rings. The summed E-state index contributed by atoms with van der Waals surface area (Å²) in [6, 6.07) is 17.5. The number of rotatable bonds is 7. The first kappa shape index (κ1) is 26.0. The second kappa shape index (κ2) is 11.3. The van der Waals surface area contributed by atoms with Crippen molar-refractivity contribution in [2.45, 2.75) is 13.5 Å². The van der Waals surface area contributed by atoms with Gasteiger partial charge in [-0.3, -0.25) is 9.59 Å². The van der Waals surface area contributed by atoms with Crippen molar-refractivity contribution in [3.63, 3.8) is 0 Å². The van der Waals surface area contributed by atoms with E-state index in [-0.39, 0.29) is 22.3 Å². The van der Waals surface area contributed by atoms with Crippen molar-refractivity contribution in [1.82, 2.24) is 10.2 Å². The summed E-state index contributed by atoms with van der Waals surface area (Å²) in [5, 5.41) is 5.66. The van der Waals surface area contributed by atoms with E-state index in [1.807, 2.05) is 43.3 Å². The summed E-state index contributed by atoms with van der Waals surface area (Å²) < 4.78 is 6.91. The molecule has 0 aromatic heterocycles. The van der Waals surface area contributed by atoms with Gasteiger partial charge in [0.2, 0.25) is 5.91 Å². The highest BCUT2D eigenvalue weighted by Crippen LogP contribution is 2.35. The number of aryl methyl sites for hydroxylation is 1. The van der Waals surface area contributed by atoms with Crippen molar-refractivity contribution in [2.75, 3.05) is 11.9 Å². The van der Waals surface area contributed by atoms with E-state index in [1.54, 1.807) is 24.3 Å². The molecule has 1 fully saturated rings. The molecule has 0 radical (unpaired) electrons. The number of ether oxygens (including phenoxy) is 1. The van der Waals surface area contributed by atoms with Gasteiger partial charge in [0.05, 0.1) is 10.0 Å². The van der Waals surface area contributed by atoms with E-state index in [9.17, 15) is 14.4 Å². The fraction of sp³-hybridized carbons (Fsp3) is 0.115. The molecule has 0 spiro atoms. The van der Waals surface area contributed by atoms with Crippen LogP contribution in [0.1, 0.15) is 16.7 Å². The topological polar surface area (TPSA) is 87.7 Å². The lowest BCUT2D eigenvalue weighted by Crippen LogP contribution is -2.38. The van der Waals surface area contributed by atoms with E-state index in [0.29, 0.717) is 17.0 Å². The Hall–Kier alpha value is -3.08. The van der Waals surface area contributed by atoms with Crippen LogP contribution in [-0.2, 0) is 16.2 Å². The normalized spacial score (nSPS) is 14.2. The number of hydrogen-bond acceptors (Lipinski definition) is 4. The van der Waals surface area contributed by atoms with E-state index < -0.39 is 24.4 Å². The molecule has 1 heterocycles. The second-order valence-corrected chi connectivity index (χ2v) is 10.1. The number of nitrogens with one attached hydrogen (secondary N) is 2. The van der Waals surface area contributed by atoms with Crippen LogP contribution in [0.5, 0.6) is 5.75 Å². The first-order chi connectivity index (χ1) is 17.2. The number of amides is 4. The Balaban J connectivity index is 1.43. The van der Waals surface area contributed by atoms with Gasteiger partial charge in [-0.2, -0.15) is 0 Å². The molecule has 0 saturated carbocycles. The van der Waals surface area contributed by atoms with Crippen LogP contribution in [0.25, 0.3) is 6.08 Å². The summed E-state index contributed by atoms with van der Waals surface area (Å²) in [5.41, 5.74) is 3.06. The fourth-order valence-corrected chi connectivity index (χ4v) is 4.37. The summed E-state index contributed by atoms with van der Waals surface area (Å²) in [6.07, 6.45) is 1.44. The highest BCUT2D eigenvalue weighted by atomic mass is 127. The zero-order valence-electron chi connectivity index (χ0n) is 19.0. The van der Waals surface area contributed by atoms with Gasteiger partial charge >= 0.3 is 6.03 Å². The van der Waals surface area contributed by atoms with Crippen molar-refractivity contribution in [3.8, 4) is 5.75 Å². The van der Waals surface area contributed by atoms with Crippen LogP contribution in [0.3, 0.4) is 0 Å². The highest BCUT2D eigenvalue weighted by Gasteiger charge is 2.35. The summed E-state index contributed by atoms with van der Waals surface area (Å²) in [6.45, 7) is 1.78. The Morgan fingerprint density at radius 3 is 2.33 bits per heavy atom. The van der Waals surface area contributed by atoms with E-state index >= 15 is 0 Å². The Labute approximate surface area is 231 Å².